The van der Waals surface area contributed by atoms with Crippen molar-refractivity contribution in [3.05, 3.63) is 35.9 Å². The molecule has 0 saturated carbocycles. The van der Waals surface area contributed by atoms with Crippen molar-refractivity contribution in [2.24, 2.45) is 0 Å². The molecule has 2 rings (SSSR count). The van der Waals surface area contributed by atoms with Crippen molar-refractivity contribution in [1.29, 1.82) is 0 Å². The molecular formula is C18H25N3O6. The Kier molecular flexibility index (Phi) is 6.89. The Hall–Kier alpha value is -2.49. The van der Waals surface area contributed by atoms with Gasteiger partial charge in [-0.2, -0.15) is 0 Å². The molecule has 9 nitrogen and oxygen atoms in total. The van der Waals surface area contributed by atoms with E-state index in [1.165, 1.54) is 0 Å². The van der Waals surface area contributed by atoms with Crippen LogP contribution in [0.2, 0.25) is 0 Å². The SMILES string of the molecule is CN(CC(=O)O)C1(c2ccccc2)CN(CC(=O)O)CCN(CC(=O)O)C1. The topological polar surface area (TPSA) is 122 Å². The normalized spacial score (nSPS) is 18.1. The van der Waals surface area contributed by atoms with Crippen LogP contribution in [0, 0.1) is 0 Å². The van der Waals surface area contributed by atoms with Gasteiger partial charge in [0.1, 0.15) is 0 Å². The molecular weight excluding hydrogens is 354 g/mol. The molecule has 0 atom stereocenters. The number of nitrogens with zero attached hydrogens (tertiary/aromatic N) is 3. The van der Waals surface area contributed by atoms with Crippen molar-refractivity contribution < 1.29 is 29.7 Å². The van der Waals surface area contributed by atoms with Gasteiger partial charge in [0.25, 0.3) is 0 Å². The fourth-order valence-corrected chi connectivity index (χ4v) is 3.63. The number of carboxylic acids is 3. The van der Waals surface area contributed by atoms with E-state index >= 15 is 0 Å². The molecule has 0 radical (unpaired) electrons. The van der Waals surface area contributed by atoms with Gasteiger partial charge in [0.2, 0.25) is 0 Å². The second kappa shape index (κ2) is 8.94. The van der Waals surface area contributed by atoms with Crippen molar-refractivity contribution >= 4 is 17.9 Å². The second-order valence-electron chi connectivity index (χ2n) is 6.86. The maximum absolute atomic E-state index is 11.4. The van der Waals surface area contributed by atoms with Crippen LogP contribution >= 0.6 is 0 Å². The van der Waals surface area contributed by atoms with Crippen LogP contribution in [0.4, 0.5) is 0 Å². The lowest BCUT2D eigenvalue weighted by atomic mass is 9.87. The smallest absolute Gasteiger partial charge is 0.317 e. The zero-order valence-electron chi connectivity index (χ0n) is 15.2. The molecule has 1 fully saturated rings. The molecule has 1 aromatic rings. The van der Waals surface area contributed by atoms with Crippen LogP contribution in [0.1, 0.15) is 5.56 Å². The van der Waals surface area contributed by atoms with E-state index in [9.17, 15) is 29.7 Å². The van der Waals surface area contributed by atoms with Crippen molar-refractivity contribution in [2.45, 2.75) is 5.54 Å². The summed E-state index contributed by atoms with van der Waals surface area (Å²) in [6, 6.07) is 9.23. The lowest BCUT2D eigenvalue weighted by molar-refractivity contribution is -0.142. The average molecular weight is 379 g/mol. The van der Waals surface area contributed by atoms with Gasteiger partial charge in [-0.15, -0.1) is 0 Å². The third kappa shape index (κ3) is 5.49. The minimum Gasteiger partial charge on any atom is -0.480 e. The third-order valence-electron chi connectivity index (χ3n) is 4.83. The average Bonchev–Trinajstić information content (AvgIpc) is 2.75. The minimum absolute atomic E-state index is 0.198. The summed E-state index contributed by atoms with van der Waals surface area (Å²) in [4.78, 5) is 39.1. The highest BCUT2D eigenvalue weighted by molar-refractivity contribution is 5.70. The Balaban J connectivity index is 2.50. The van der Waals surface area contributed by atoms with Gasteiger partial charge in [-0.3, -0.25) is 29.1 Å². The summed E-state index contributed by atoms with van der Waals surface area (Å²) < 4.78 is 0. The summed E-state index contributed by atoms with van der Waals surface area (Å²) in [5, 5.41) is 27.8. The molecule has 0 aliphatic carbocycles. The summed E-state index contributed by atoms with van der Waals surface area (Å²) in [5.41, 5.74) is -0.0393. The molecule has 1 aliphatic heterocycles. The van der Waals surface area contributed by atoms with E-state index in [0.717, 1.165) is 5.56 Å². The van der Waals surface area contributed by atoms with Crippen molar-refractivity contribution in [3.63, 3.8) is 0 Å². The first-order valence-electron chi connectivity index (χ1n) is 8.60. The molecule has 3 N–H and O–H groups in total. The van der Waals surface area contributed by atoms with Gasteiger partial charge in [0, 0.05) is 26.2 Å². The number of rotatable bonds is 8. The van der Waals surface area contributed by atoms with E-state index < -0.39 is 23.4 Å². The zero-order valence-corrected chi connectivity index (χ0v) is 15.2. The molecule has 27 heavy (non-hydrogen) atoms. The first kappa shape index (κ1) is 20.8. The van der Waals surface area contributed by atoms with Gasteiger partial charge < -0.3 is 15.3 Å². The standard InChI is InChI=1S/C18H25N3O6/c1-19(9-15(22)23)18(14-5-3-2-4-6-14)12-20(10-16(24)25)7-8-21(13-18)11-17(26)27/h2-6H,7-13H2,1H3,(H,22,23)(H,24,25)(H,26,27). The first-order chi connectivity index (χ1) is 12.7. The highest BCUT2D eigenvalue weighted by Gasteiger charge is 2.43. The van der Waals surface area contributed by atoms with E-state index in [2.05, 4.69) is 0 Å². The number of carboxylic acid groups (broad SMARTS) is 3. The Labute approximate surface area is 157 Å². The summed E-state index contributed by atoms with van der Waals surface area (Å²) in [7, 11) is 1.67. The quantitative estimate of drug-likeness (QED) is 0.558. The maximum Gasteiger partial charge on any atom is 0.317 e. The van der Waals surface area contributed by atoms with E-state index in [-0.39, 0.29) is 32.7 Å². The summed E-state index contributed by atoms with van der Waals surface area (Å²) in [6.45, 7) is 0.681. The lowest BCUT2D eigenvalue weighted by Crippen LogP contribution is -2.57. The summed E-state index contributed by atoms with van der Waals surface area (Å²) in [5.74, 6) is -2.97. The highest BCUT2D eigenvalue weighted by atomic mass is 16.4. The van der Waals surface area contributed by atoms with Crippen LogP contribution in [0.3, 0.4) is 0 Å². The molecule has 0 bridgehead atoms. The van der Waals surface area contributed by atoms with Crippen molar-refractivity contribution in [3.8, 4) is 0 Å². The molecule has 1 heterocycles. The van der Waals surface area contributed by atoms with E-state index in [0.29, 0.717) is 13.1 Å². The molecule has 0 amide bonds. The maximum atomic E-state index is 11.4. The highest BCUT2D eigenvalue weighted by Crippen LogP contribution is 2.32. The first-order valence-corrected chi connectivity index (χ1v) is 8.60. The van der Waals surface area contributed by atoms with Gasteiger partial charge in [-0.1, -0.05) is 30.3 Å². The molecule has 1 aromatic carbocycles. The van der Waals surface area contributed by atoms with Crippen molar-refractivity contribution in [2.75, 3.05) is 52.9 Å². The van der Waals surface area contributed by atoms with E-state index in [1.807, 2.05) is 30.3 Å². The zero-order chi connectivity index (χ0) is 20.0. The van der Waals surface area contributed by atoms with E-state index in [4.69, 9.17) is 0 Å². The Bertz CT molecular complexity index is 655. The van der Waals surface area contributed by atoms with Gasteiger partial charge in [0.05, 0.1) is 25.2 Å². The summed E-state index contributed by atoms with van der Waals surface area (Å²) >= 11 is 0. The molecule has 0 unspecified atom stereocenters. The molecule has 9 heteroatoms. The molecule has 1 aliphatic rings. The number of hydrogen-bond donors (Lipinski definition) is 3. The fraction of sp³-hybridized carbons (Fsp3) is 0.500. The number of likely N-dealkylation sites (N-methyl/N-ethyl adjacent to an activating group) is 1. The van der Waals surface area contributed by atoms with Gasteiger partial charge in [-0.25, -0.2) is 0 Å². The fourth-order valence-electron chi connectivity index (χ4n) is 3.63. The third-order valence-corrected chi connectivity index (χ3v) is 4.83. The number of benzene rings is 1. The van der Waals surface area contributed by atoms with Crippen LogP contribution in [-0.4, -0.2) is 101 Å². The van der Waals surface area contributed by atoms with Crippen LogP contribution < -0.4 is 0 Å². The Morgan fingerprint density at radius 1 is 0.926 bits per heavy atom. The van der Waals surface area contributed by atoms with Crippen molar-refractivity contribution in [1.82, 2.24) is 14.7 Å². The van der Waals surface area contributed by atoms with Crippen LogP contribution in [0.25, 0.3) is 0 Å². The molecule has 0 aromatic heterocycles. The molecule has 148 valence electrons. The number of carbonyl (C=O) groups is 3. The molecule has 1 saturated heterocycles. The van der Waals surface area contributed by atoms with Gasteiger partial charge in [-0.05, 0) is 12.6 Å². The minimum atomic E-state index is -1.01. The Morgan fingerprint density at radius 3 is 1.81 bits per heavy atom. The predicted molar refractivity (Wildman–Crippen MR) is 96.5 cm³/mol. The monoisotopic (exact) mass is 379 g/mol. The van der Waals surface area contributed by atoms with E-state index in [1.54, 1.807) is 21.7 Å². The van der Waals surface area contributed by atoms with Gasteiger partial charge in [0.15, 0.2) is 0 Å². The van der Waals surface area contributed by atoms with Gasteiger partial charge >= 0.3 is 17.9 Å². The van der Waals surface area contributed by atoms with Crippen LogP contribution in [0.5, 0.6) is 0 Å². The number of aliphatic carboxylic acids is 3. The Morgan fingerprint density at radius 2 is 1.41 bits per heavy atom. The van der Waals surface area contributed by atoms with Crippen LogP contribution in [0.15, 0.2) is 30.3 Å². The van der Waals surface area contributed by atoms with Crippen LogP contribution in [-0.2, 0) is 19.9 Å². The molecule has 0 spiro atoms. The summed E-state index contributed by atoms with van der Waals surface area (Å²) in [6.07, 6.45) is 0. The largest absolute Gasteiger partial charge is 0.480 e. The second-order valence-corrected chi connectivity index (χ2v) is 6.86. The predicted octanol–water partition coefficient (Wildman–Crippen LogP) is -0.315. The number of hydrogen-bond acceptors (Lipinski definition) is 6. The lowest BCUT2D eigenvalue weighted by Gasteiger charge is -2.44.